The number of ether oxygens (including phenoxy) is 1. The van der Waals surface area contributed by atoms with Gasteiger partial charge in [0.1, 0.15) is 23.1 Å². The van der Waals surface area contributed by atoms with Gasteiger partial charge in [-0.3, -0.25) is 0 Å². The normalized spacial score (nSPS) is 11.6. The van der Waals surface area contributed by atoms with Gasteiger partial charge in [-0.1, -0.05) is 12.1 Å². The molecule has 0 saturated heterocycles. The molecule has 5 nitrogen and oxygen atoms in total. The van der Waals surface area contributed by atoms with Crippen LogP contribution in [0.4, 0.5) is 8.78 Å². The third kappa shape index (κ3) is 3.53. The van der Waals surface area contributed by atoms with E-state index in [0.29, 0.717) is 18.2 Å². The molecule has 0 spiro atoms. The smallest absolute Gasteiger partial charge is 0.268 e. The molecule has 0 radical (unpaired) electrons. The van der Waals surface area contributed by atoms with E-state index in [1.807, 2.05) is 0 Å². The summed E-state index contributed by atoms with van der Waals surface area (Å²) in [5, 5.41) is 2.93. The van der Waals surface area contributed by atoms with Crippen LogP contribution in [0.1, 0.15) is 11.1 Å². The molecule has 2 aromatic carbocycles. The molecule has 1 aromatic heterocycles. The van der Waals surface area contributed by atoms with Gasteiger partial charge in [0.2, 0.25) is 0 Å². The Bertz CT molecular complexity index is 1120. The minimum atomic E-state index is -4.05. The van der Waals surface area contributed by atoms with Gasteiger partial charge in [-0.15, -0.1) is 0 Å². The van der Waals surface area contributed by atoms with E-state index in [1.54, 1.807) is 26.1 Å². The molecular weight excluding hydrogens is 386 g/mol. The third-order valence-corrected chi connectivity index (χ3v) is 5.96. The summed E-state index contributed by atoms with van der Waals surface area (Å²) in [6.45, 7) is 2.08. The molecule has 0 saturated carbocycles. The molecule has 8 heteroatoms. The lowest BCUT2D eigenvalue weighted by molar-refractivity contribution is 0.411. The molecule has 3 rings (SSSR count). The topological polar surface area (TPSA) is 60.3 Å². The summed E-state index contributed by atoms with van der Waals surface area (Å²) in [4.78, 5) is 0.0601. The Kier molecular flexibility index (Phi) is 5.53. The number of rotatable bonds is 6. The van der Waals surface area contributed by atoms with Crippen LogP contribution in [0.15, 0.2) is 53.6 Å². The molecule has 1 heterocycles. The molecule has 0 aliphatic rings. The van der Waals surface area contributed by atoms with Crippen LogP contribution in [-0.2, 0) is 16.6 Å². The van der Waals surface area contributed by atoms with E-state index in [4.69, 9.17) is 4.74 Å². The van der Waals surface area contributed by atoms with Gasteiger partial charge in [-0.05, 0) is 43.8 Å². The molecular formula is C20H20F2N2O3S. The number of benzene rings is 2. The monoisotopic (exact) mass is 406 g/mol. The number of nitrogens with one attached hydrogen (secondary N) is 1. The van der Waals surface area contributed by atoms with Crippen LogP contribution in [0.2, 0.25) is 0 Å². The molecule has 0 bridgehead atoms. The lowest BCUT2D eigenvalue weighted by Gasteiger charge is -2.13. The molecule has 28 heavy (non-hydrogen) atoms. The summed E-state index contributed by atoms with van der Waals surface area (Å²) < 4.78 is 61.0. The predicted octanol–water partition coefficient (Wildman–Crippen LogP) is 3.71. The molecule has 1 N–H and O–H groups in total. The largest absolute Gasteiger partial charge is 0.494 e. The average Bonchev–Trinajstić information content (AvgIpc) is 3.01. The van der Waals surface area contributed by atoms with Crippen molar-refractivity contribution < 1.29 is 21.9 Å². The first-order valence-corrected chi connectivity index (χ1v) is 9.94. The summed E-state index contributed by atoms with van der Waals surface area (Å²) in [6, 6.07) is 9.41. The van der Waals surface area contributed by atoms with Crippen LogP contribution in [0.25, 0.3) is 11.3 Å². The van der Waals surface area contributed by atoms with E-state index in [9.17, 15) is 17.2 Å². The average molecular weight is 406 g/mol. The second-order valence-electron chi connectivity index (χ2n) is 6.31. The zero-order valence-corrected chi connectivity index (χ0v) is 16.5. The summed E-state index contributed by atoms with van der Waals surface area (Å²) in [5.41, 5.74) is 1.23. The molecule has 0 unspecified atom stereocenters. The van der Waals surface area contributed by atoms with Crippen molar-refractivity contribution >= 4 is 10.0 Å². The van der Waals surface area contributed by atoms with Gasteiger partial charge in [0.05, 0.1) is 12.0 Å². The maximum atomic E-state index is 14.6. The summed E-state index contributed by atoms with van der Waals surface area (Å²) in [7, 11) is -0.972. The van der Waals surface area contributed by atoms with Crippen molar-refractivity contribution in [2.75, 3.05) is 14.2 Å². The van der Waals surface area contributed by atoms with Crippen LogP contribution in [-0.4, -0.2) is 26.5 Å². The highest BCUT2D eigenvalue weighted by atomic mass is 32.2. The van der Waals surface area contributed by atoms with Crippen LogP contribution in [0.3, 0.4) is 0 Å². The van der Waals surface area contributed by atoms with E-state index in [0.717, 1.165) is 15.6 Å². The van der Waals surface area contributed by atoms with Crippen molar-refractivity contribution in [2.24, 2.45) is 0 Å². The Morgan fingerprint density at radius 1 is 1.14 bits per heavy atom. The van der Waals surface area contributed by atoms with Crippen LogP contribution in [0.5, 0.6) is 5.75 Å². The van der Waals surface area contributed by atoms with Gasteiger partial charge in [0.25, 0.3) is 10.0 Å². The standard InChI is InChI=1S/C20H20F2N2O3S/c1-13-5-4-6-16(9-13)28(25,26)24-12-14(11-23-2)20(27-3)19(24)17-8-7-15(21)10-18(17)22/h4-10,12,23H,11H2,1-3H3. The second-order valence-corrected chi connectivity index (χ2v) is 8.12. The first kappa shape index (κ1) is 20.0. The summed E-state index contributed by atoms with van der Waals surface area (Å²) in [6.07, 6.45) is 1.39. The maximum Gasteiger partial charge on any atom is 0.268 e. The third-order valence-electron chi connectivity index (χ3n) is 4.30. The Morgan fingerprint density at radius 2 is 1.89 bits per heavy atom. The van der Waals surface area contributed by atoms with E-state index < -0.39 is 21.7 Å². The molecule has 3 aromatic rings. The molecule has 0 fully saturated rings. The number of aryl methyl sites for hydroxylation is 1. The number of aromatic nitrogens is 1. The summed E-state index contributed by atoms with van der Waals surface area (Å²) >= 11 is 0. The SMILES string of the molecule is CNCc1cn(S(=O)(=O)c2cccc(C)c2)c(-c2ccc(F)cc2F)c1OC. The van der Waals surface area contributed by atoms with Gasteiger partial charge in [0, 0.05) is 29.9 Å². The fourth-order valence-electron chi connectivity index (χ4n) is 3.06. The quantitative estimate of drug-likeness (QED) is 0.678. The molecule has 0 amide bonds. The van der Waals surface area contributed by atoms with Gasteiger partial charge < -0.3 is 10.1 Å². The van der Waals surface area contributed by atoms with Crippen LogP contribution >= 0.6 is 0 Å². The molecule has 0 aliphatic heterocycles. The molecule has 0 atom stereocenters. The predicted molar refractivity (Wildman–Crippen MR) is 103 cm³/mol. The van der Waals surface area contributed by atoms with E-state index >= 15 is 0 Å². The number of nitrogens with zero attached hydrogens (tertiary/aromatic N) is 1. The fourth-order valence-corrected chi connectivity index (χ4v) is 4.56. The first-order chi connectivity index (χ1) is 13.3. The van der Waals surface area contributed by atoms with Crippen molar-refractivity contribution in [3.8, 4) is 17.0 Å². The number of hydrogen-bond acceptors (Lipinski definition) is 4. The van der Waals surface area contributed by atoms with Gasteiger partial charge in [-0.2, -0.15) is 0 Å². The zero-order valence-electron chi connectivity index (χ0n) is 15.7. The Morgan fingerprint density at radius 3 is 2.50 bits per heavy atom. The number of methoxy groups -OCH3 is 1. The highest BCUT2D eigenvalue weighted by Gasteiger charge is 2.28. The second kappa shape index (κ2) is 7.73. The van der Waals surface area contributed by atoms with Gasteiger partial charge >= 0.3 is 0 Å². The van der Waals surface area contributed by atoms with Crippen molar-refractivity contribution in [3.05, 3.63) is 71.4 Å². The van der Waals surface area contributed by atoms with E-state index in [2.05, 4.69) is 5.32 Å². The Labute approximate surface area is 162 Å². The minimum Gasteiger partial charge on any atom is -0.494 e. The van der Waals surface area contributed by atoms with Gasteiger partial charge in [-0.25, -0.2) is 21.2 Å². The van der Waals surface area contributed by atoms with Gasteiger partial charge in [0.15, 0.2) is 0 Å². The number of halogens is 2. The first-order valence-electron chi connectivity index (χ1n) is 8.50. The maximum absolute atomic E-state index is 14.6. The molecule has 0 aliphatic carbocycles. The van der Waals surface area contributed by atoms with Crippen molar-refractivity contribution in [2.45, 2.75) is 18.4 Å². The van der Waals surface area contributed by atoms with Crippen LogP contribution < -0.4 is 10.1 Å². The van der Waals surface area contributed by atoms with Crippen molar-refractivity contribution in [3.63, 3.8) is 0 Å². The summed E-state index contributed by atoms with van der Waals surface area (Å²) in [5.74, 6) is -1.43. The fraction of sp³-hybridized carbons (Fsp3) is 0.200. The number of hydrogen-bond donors (Lipinski definition) is 1. The lowest BCUT2D eigenvalue weighted by atomic mass is 10.1. The Hall–Kier alpha value is -2.71. The Balaban J connectivity index is 2.34. The highest BCUT2D eigenvalue weighted by Crippen LogP contribution is 2.39. The molecule has 148 valence electrons. The van der Waals surface area contributed by atoms with Crippen molar-refractivity contribution in [1.29, 1.82) is 0 Å². The van der Waals surface area contributed by atoms with E-state index in [-0.39, 0.29) is 21.9 Å². The lowest BCUT2D eigenvalue weighted by Crippen LogP contribution is -2.14. The highest BCUT2D eigenvalue weighted by molar-refractivity contribution is 7.90. The van der Waals surface area contributed by atoms with E-state index in [1.165, 1.54) is 31.5 Å². The zero-order chi connectivity index (χ0) is 20.5. The minimum absolute atomic E-state index is 0.00626. The van der Waals surface area contributed by atoms with Crippen LogP contribution in [0, 0.1) is 18.6 Å². The van der Waals surface area contributed by atoms with Crippen molar-refractivity contribution in [1.82, 2.24) is 9.29 Å².